The van der Waals surface area contributed by atoms with Crippen LogP contribution in [0.2, 0.25) is 0 Å². The topological polar surface area (TPSA) is 36.3 Å². The van der Waals surface area contributed by atoms with Crippen LogP contribution < -0.4 is 4.74 Å². The third-order valence-electron chi connectivity index (χ3n) is 4.13. The molecule has 19 heavy (non-hydrogen) atoms. The Balaban J connectivity index is 2.16. The van der Waals surface area contributed by atoms with Gasteiger partial charge in [-0.05, 0) is 44.4 Å². The van der Waals surface area contributed by atoms with Crippen LogP contribution in [0.4, 0.5) is 0 Å². The average molecular weight is 258 g/mol. The quantitative estimate of drug-likeness (QED) is 0.834. The predicted molar refractivity (Wildman–Crippen MR) is 76.0 cm³/mol. The lowest BCUT2D eigenvalue weighted by Crippen LogP contribution is -2.42. The van der Waals surface area contributed by atoms with E-state index in [2.05, 4.69) is 30.9 Å². The van der Waals surface area contributed by atoms with Crippen LogP contribution in [0.5, 0.6) is 5.75 Å². The van der Waals surface area contributed by atoms with Gasteiger partial charge in [0.25, 0.3) is 0 Å². The first-order chi connectivity index (χ1) is 9.15. The molecule has 1 aliphatic heterocycles. The molecule has 1 aromatic rings. The summed E-state index contributed by atoms with van der Waals surface area (Å²) in [5.74, 6) is 0.658. The summed E-state index contributed by atoms with van der Waals surface area (Å²) in [5.41, 5.74) is 1.82. The first-order valence-electron chi connectivity index (χ1n) is 6.98. The summed E-state index contributed by atoms with van der Waals surface area (Å²) < 4.78 is 5.19. The molecule has 0 amide bonds. The number of nitrogens with zero attached hydrogens (tertiary/aromatic N) is 2. The third kappa shape index (κ3) is 3.08. The monoisotopic (exact) mass is 258 g/mol. The zero-order chi connectivity index (χ0) is 13.8. The number of hydrogen-bond acceptors (Lipinski definition) is 3. The van der Waals surface area contributed by atoms with Crippen LogP contribution in [-0.2, 0) is 6.54 Å². The third-order valence-corrected chi connectivity index (χ3v) is 4.13. The average Bonchev–Trinajstić information content (AvgIpc) is 2.42. The van der Waals surface area contributed by atoms with Crippen molar-refractivity contribution in [3.8, 4) is 11.8 Å². The molecule has 102 valence electrons. The highest BCUT2D eigenvalue weighted by Gasteiger charge is 2.24. The summed E-state index contributed by atoms with van der Waals surface area (Å²) >= 11 is 0. The molecule has 1 fully saturated rings. The Morgan fingerprint density at radius 2 is 2.00 bits per heavy atom. The summed E-state index contributed by atoms with van der Waals surface area (Å²) in [4.78, 5) is 2.53. The molecule has 1 saturated heterocycles. The SMILES string of the molecule is COc1ccc(CN2[C@H](C)CCC[C@@H]2C)cc1C#N. The number of piperidine rings is 1. The molecule has 0 aromatic heterocycles. The molecular formula is C16H22N2O. The standard InChI is InChI=1S/C16H22N2O/c1-12-5-4-6-13(2)18(12)11-14-7-8-16(19-3)15(9-14)10-17/h7-9,12-13H,4-6,11H2,1-3H3/t12-,13+. The Morgan fingerprint density at radius 1 is 1.32 bits per heavy atom. The van der Waals surface area contributed by atoms with Gasteiger partial charge in [-0.2, -0.15) is 5.26 Å². The highest BCUT2D eigenvalue weighted by atomic mass is 16.5. The summed E-state index contributed by atoms with van der Waals surface area (Å²) in [7, 11) is 1.60. The van der Waals surface area contributed by atoms with Crippen LogP contribution in [0.15, 0.2) is 18.2 Å². The van der Waals surface area contributed by atoms with Gasteiger partial charge >= 0.3 is 0 Å². The number of rotatable bonds is 3. The van der Waals surface area contributed by atoms with Crippen molar-refractivity contribution in [2.75, 3.05) is 7.11 Å². The zero-order valence-electron chi connectivity index (χ0n) is 12.0. The largest absolute Gasteiger partial charge is 0.495 e. The predicted octanol–water partition coefficient (Wildman–Crippen LogP) is 3.33. The second kappa shape index (κ2) is 6.08. The van der Waals surface area contributed by atoms with Gasteiger partial charge in [0.2, 0.25) is 0 Å². The van der Waals surface area contributed by atoms with Crippen LogP contribution in [-0.4, -0.2) is 24.1 Å². The number of benzene rings is 1. The number of ether oxygens (including phenoxy) is 1. The summed E-state index contributed by atoms with van der Waals surface area (Å²) in [6, 6.07) is 9.36. The maximum absolute atomic E-state index is 9.14. The molecule has 2 atom stereocenters. The molecule has 1 aromatic carbocycles. The van der Waals surface area contributed by atoms with E-state index in [1.54, 1.807) is 7.11 Å². The molecule has 0 unspecified atom stereocenters. The van der Waals surface area contributed by atoms with Crippen molar-refractivity contribution in [1.82, 2.24) is 4.90 Å². The van der Waals surface area contributed by atoms with Crippen molar-refractivity contribution in [3.63, 3.8) is 0 Å². The molecule has 0 spiro atoms. The molecule has 0 bridgehead atoms. The van der Waals surface area contributed by atoms with Gasteiger partial charge in [0, 0.05) is 18.6 Å². The molecule has 0 N–H and O–H groups in total. The zero-order valence-corrected chi connectivity index (χ0v) is 12.0. The fourth-order valence-corrected chi connectivity index (χ4v) is 2.94. The van der Waals surface area contributed by atoms with E-state index in [4.69, 9.17) is 10.00 Å². The second-order valence-electron chi connectivity index (χ2n) is 5.45. The maximum atomic E-state index is 9.14. The van der Waals surface area contributed by atoms with Crippen molar-refractivity contribution in [3.05, 3.63) is 29.3 Å². The molecule has 3 nitrogen and oxygen atoms in total. The number of likely N-dealkylation sites (tertiary alicyclic amines) is 1. The molecule has 2 rings (SSSR count). The second-order valence-corrected chi connectivity index (χ2v) is 5.45. The summed E-state index contributed by atoms with van der Waals surface area (Å²) in [6.45, 7) is 5.51. The van der Waals surface area contributed by atoms with E-state index in [9.17, 15) is 0 Å². The molecule has 0 saturated carbocycles. The van der Waals surface area contributed by atoms with Crippen LogP contribution >= 0.6 is 0 Å². The Hall–Kier alpha value is -1.53. The van der Waals surface area contributed by atoms with Gasteiger partial charge in [-0.25, -0.2) is 0 Å². The molecule has 1 heterocycles. The van der Waals surface area contributed by atoms with Crippen LogP contribution in [0, 0.1) is 11.3 Å². The van der Waals surface area contributed by atoms with Gasteiger partial charge in [-0.15, -0.1) is 0 Å². The minimum atomic E-state index is 0.622. The molecule has 1 aliphatic rings. The van der Waals surface area contributed by atoms with Crippen LogP contribution in [0.25, 0.3) is 0 Å². The first kappa shape index (κ1) is 13.9. The lowest BCUT2D eigenvalue weighted by Gasteiger charge is -2.39. The number of nitriles is 1. The van der Waals surface area contributed by atoms with Crippen molar-refractivity contribution in [2.45, 2.75) is 51.7 Å². The Bertz CT molecular complexity index is 468. The van der Waals surface area contributed by atoms with Crippen LogP contribution in [0.1, 0.15) is 44.2 Å². The highest BCUT2D eigenvalue weighted by Crippen LogP contribution is 2.26. The lowest BCUT2D eigenvalue weighted by atomic mass is 9.96. The Labute approximate surface area is 115 Å². The van der Waals surface area contributed by atoms with Gasteiger partial charge in [-0.1, -0.05) is 12.5 Å². The van der Waals surface area contributed by atoms with Gasteiger partial charge in [0.15, 0.2) is 0 Å². The molecular weight excluding hydrogens is 236 g/mol. The van der Waals surface area contributed by atoms with Gasteiger partial charge in [0.05, 0.1) is 12.7 Å². The van der Waals surface area contributed by atoms with Gasteiger partial charge in [-0.3, -0.25) is 4.90 Å². The normalized spacial score (nSPS) is 23.9. The summed E-state index contributed by atoms with van der Waals surface area (Å²) in [6.07, 6.45) is 3.86. The van der Waals surface area contributed by atoms with Crippen LogP contribution in [0.3, 0.4) is 0 Å². The fourth-order valence-electron chi connectivity index (χ4n) is 2.94. The van der Waals surface area contributed by atoms with Gasteiger partial charge < -0.3 is 4.74 Å². The number of hydrogen-bond donors (Lipinski definition) is 0. The van der Waals surface area contributed by atoms with Crippen molar-refractivity contribution >= 4 is 0 Å². The van der Waals surface area contributed by atoms with E-state index in [1.165, 1.54) is 24.8 Å². The van der Waals surface area contributed by atoms with E-state index in [0.717, 1.165) is 6.54 Å². The fraction of sp³-hybridized carbons (Fsp3) is 0.562. The Morgan fingerprint density at radius 3 is 2.58 bits per heavy atom. The van der Waals surface area contributed by atoms with Crippen molar-refractivity contribution in [2.24, 2.45) is 0 Å². The van der Waals surface area contributed by atoms with Gasteiger partial charge in [0.1, 0.15) is 11.8 Å². The van der Waals surface area contributed by atoms with E-state index in [1.807, 2.05) is 12.1 Å². The smallest absolute Gasteiger partial charge is 0.136 e. The Kier molecular flexibility index (Phi) is 4.44. The maximum Gasteiger partial charge on any atom is 0.136 e. The molecule has 0 radical (unpaired) electrons. The molecule has 3 heteroatoms. The van der Waals surface area contributed by atoms with Crippen molar-refractivity contribution < 1.29 is 4.74 Å². The van der Waals surface area contributed by atoms with E-state index in [-0.39, 0.29) is 0 Å². The summed E-state index contributed by atoms with van der Waals surface area (Å²) in [5, 5.41) is 9.14. The highest BCUT2D eigenvalue weighted by molar-refractivity contribution is 5.45. The lowest BCUT2D eigenvalue weighted by molar-refractivity contribution is 0.0952. The van der Waals surface area contributed by atoms with E-state index >= 15 is 0 Å². The molecule has 0 aliphatic carbocycles. The van der Waals surface area contributed by atoms with E-state index in [0.29, 0.717) is 23.4 Å². The first-order valence-corrected chi connectivity index (χ1v) is 6.98. The number of methoxy groups -OCH3 is 1. The van der Waals surface area contributed by atoms with E-state index < -0.39 is 0 Å². The van der Waals surface area contributed by atoms with Crippen molar-refractivity contribution in [1.29, 1.82) is 5.26 Å². The minimum Gasteiger partial charge on any atom is -0.495 e. The minimum absolute atomic E-state index is 0.622.